The first-order valence-electron chi connectivity index (χ1n) is 5.65. The second kappa shape index (κ2) is 3.61. The molecule has 0 saturated heterocycles. The molecule has 0 atom stereocenters. The van der Waals surface area contributed by atoms with Crippen molar-refractivity contribution in [2.75, 3.05) is 12.4 Å². The third-order valence-electron chi connectivity index (χ3n) is 2.81. The maximum absolute atomic E-state index is 12.0. The summed E-state index contributed by atoms with van der Waals surface area (Å²) < 4.78 is 2.04. The van der Waals surface area contributed by atoms with Gasteiger partial charge in [0, 0.05) is 18.8 Å². The van der Waals surface area contributed by atoms with E-state index in [1.807, 2.05) is 17.7 Å². The smallest absolute Gasteiger partial charge is 0.262 e. The van der Waals surface area contributed by atoms with E-state index in [-0.39, 0.29) is 11.1 Å². The zero-order chi connectivity index (χ0) is 12.8. The average molecular weight is 234 g/mol. The highest BCUT2D eigenvalue weighted by atomic mass is 16.1. The van der Waals surface area contributed by atoms with Gasteiger partial charge in [-0.1, -0.05) is 0 Å². The van der Waals surface area contributed by atoms with Crippen LogP contribution in [0.5, 0.6) is 0 Å². The molecule has 5 heteroatoms. The lowest BCUT2D eigenvalue weighted by Crippen LogP contribution is -2.22. The van der Waals surface area contributed by atoms with Crippen LogP contribution in [0.4, 0.5) is 5.95 Å². The number of aromatic amines is 1. The van der Waals surface area contributed by atoms with Gasteiger partial charge in [-0.3, -0.25) is 9.78 Å². The van der Waals surface area contributed by atoms with Gasteiger partial charge in [-0.05, 0) is 33.3 Å². The van der Waals surface area contributed by atoms with E-state index in [0.717, 1.165) is 11.2 Å². The van der Waals surface area contributed by atoms with E-state index in [1.54, 1.807) is 7.05 Å². The molecule has 2 rings (SSSR count). The Balaban J connectivity index is 2.89. The van der Waals surface area contributed by atoms with Gasteiger partial charge in [0.25, 0.3) is 5.56 Å². The average Bonchev–Trinajstić information content (AvgIpc) is 2.55. The highest BCUT2D eigenvalue weighted by Crippen LogP contribution is 2.23. The number of hydrogen-bond acceptors (Lipinski definition) is 3. The second-order valence-corrected chi connectivity index (χ2v) is 5.22. The third kappa shape index (κ3) is 1.81. The first kappa shape index (κ1) is 11.7. The summed E-state index contributed by atoms with van der Waals surface area (Å²) in [6.07, 6.45) is 1.98. The molecule has 0 unspecified atom stereocenters. The summed E-state index contributed by atoms with van der Waals surface area (Å²) in [6.45, 7) is 8.20. The first-order valence-corrected chi connectivity index (χ1v) is 5.65. The van der Waals surface area contributed by atoms with E-state index in [4.69, 9.17) is 0 Å². The van der Waals surface area contributed by atoms with Crippen molar-refractivity contribution in [2.45, 2.75) is 33.2 Å². The Labute approximate surface area is 99.9 Å². The van der Waals surface area contributed by atoms with Gasteiger partial charge in [-0.15, -0.1) is 0 Å². The van der Waals surface area contributed by atoms with Crippen molar-refractivity contribution in [1.29, 1.82) is 0 Å². The van der Waals surface area contributed by atoms with E-state index < -0.39 is 0 Å². The molecule has 0 aliphatic heterocycles. The van der Waals surface area contributed by atoms with Crippen molar-refractivity contribution in [1.82, 2.24) is 14.5 Å². The summed E-state index contributed by atoms with van der Waals surface area (Å²) in [6, 6.07) is 0. The fourth-order valence-corrected chi connectivity index (χ4v) is 1.94. The zero-order valence-electron chi connectivity index (χ0n) is 10.9. The number of rotatable bonds is 1. The highest BCUT2D eigenvalue weighted by Gasteiger charge is 2.20. The van der Waals surface area contributed by atoms with Gasteiger partial charge in [-0.25, -0.2) is 0 Å². The number of anilines is 1. The molecule has 2 heterocycles. The molecule has 0 saturated carbocycles. The summed E-state index contributed by atoms with van der Waals surface area (Å²) in [5.74, 6) is 0.492. The predicted octanol–water partition coefficient (Wildman–Crippen LogP) is 1.83. The maximum atomic E-state index is 12.0. The van der Waals surface area contributed by atoms with Crippen LogP contribution >= 0.6 is 0 Å². The van der Waals surface area contributed by atoms with Crippen LogP contribution in [0.25, 0.3) is 11.0 Å². The minimum Gasteiger partial charge on any atom is -0.359 e. The Bertz CT molecular complexity index is 616. The van der Waals surface area contributed by atoms with Crippen LogP contribution in [-0.4, -0.2) is 21.6 Å². The van der Waals surface area contributed by atoms with E-state index in [2.05, 4.69) is 36.1 Å². The lowest BCUT2D eigenvalue weighted by Gasteiger charge is -2.21. The molecule has 0 aromatic carbocycles. The van der Waals surface area contributed by atoms with Crippen LogP contribution in [-0.2, 0) is 5.54 Å². The van der Waals surface area contributed by atoms with Crippen LogP contribution < -0.4 is 10.9 Å². The number of fused-ring (bicyclic) bond motifs is 1. The van der Waals surface area contributed by atoms with E-state index in [9.17, 15) is 4.79 Å². The Morgan fingerprint density at radius 3 is 2.59 bits per heavy atom. The quantitative estimate of drug-likeness (QED) is 0.791. The number of nitrogens with one attached hydrogen (secondary N) is 2. The van der Waals surface area contributed by atoms with Gasteiger partial charge >= 0.3 is 0 Å². The number of hydrogen-bond donors (Lipinski definition) is 2. The fourth-order valence-electron chi connectivity index (χ4n) is 1.94. The molecule has 0 aliphatic rings. The fraction of sp³-hybridized carbons (Fsp3) is 0.500. The molecule has 17 heavy (non-hydrogen) atoms. The summed E-state index contributed by atoms with van der Waals surface area (Å²) in [4.78, 5) is 19.1. The van der Waals surface area contributed by atoms with Crippen molar-refractivity contribution in [3.8, 4) is 0 Å². The van der Waals surface area contributed by atoms with Gasteiger partial charge in [0.2, 0.25) is 5.95 Å². The second-order valence-electron chi connectivity index (χ2n) is 5.22. The first-order chi connectivity index (χ1) is 7.84. The largest absolute Gasteiger partial charge is 0.359 e. The van der Waals surface area contributed by atoms with E-state index in [0.29, 0.717) is 11.3 Å². The molecular formula is C12H18N4O. The molecule has 2 N–H and O–H groups in total. The van der Waals surface area contributed by atoms with Gasteiger partial charge in [0.1, 0.15) is 5.65 Å². The monoisotopic (exact) mass is 234 g/mol. The summed E-state index contributed by atoms with van der Waals surface area (Å²) in [5, 5.41) is 3.53. The summed E-state index contributed by atoms with van der Waals surface area (Å²) in [5.41, 5.74) is 1.48. The van der Waals surface area contributed by atoms with Crippen LogP contribution in [0, 0.1) is 6.92 Å². The molecule has 5 nitrogen and oxygen atoms in total. The van der Waals surface area contributed by atoms with Crippen LogP contribution in [0.3, 0.4) is 0 Å². The Morgan fingerprint density at radius 2 is 2.06 bits per heavy atom. The number of aromatic nitrogens is 3. The molecule has 0 bridgehead atoms. The minimum atomic E-state index is -0.0989. The summed E-state index contributed by atoms with van der Waals surface area (Å²) >= 11 is 0. The standard InChI is InChI=1S/C12H18N4O/c1-7-6-16(12(2,3)4)9-8(7)10(17)15-11(13-5)14-9/h6H,1-5H3,(H2,13,14,15,17). The van der Waals surface area contributed by atoms with E-state index >= 15 is 0 Å². The van der Waals surface area contributed by atoms with Crippen molar-refractivity contribution < 1.29 is 0 Å². The van der Waals surface area contributed by atoms with Crippen LogP contribution in [0.15, 0.2) is 11.0 Å². The van der Waals surface area contributed by atoms with Gasteiger partial charge in [0.15, 0.2) is 0 Å². The Hall–Kier alpha value is -1.78. The Morgan fingerprint density at radius 1 is 1.41 bits per heavy atom. The molecule has 0 radical (unpaired) electrons. The van der Waals surface area contributed by atoms with Crippen molar-refractivity contribution >= 4 is 17.0 Å². The number of aryl methyl sites for hydroxylation is 1. The normalized spacial score (nSPS) is 12.1. The number of H-pyrrole nitrogens is 1. The van der Waals surface area contributed by atoms with Crippen molar-refractivity contribution in [3.05, 3.63) is 22.1 Å². The highest BCUT2D eigenvalue weighted by molar-refractivity contribution is 5.80. The minimum absolute atomic E-state index is 0.0974. The van der Waals surface area contributed by atoms with E-state index in [1.165, 1.54) is 0 Å². The topological polar surface area (TPSA) is 62.7 Å². The molecule has 92 valence electrons. The molecule has 0 amide bonds. The van der Waals surface area contributed by atoms with Gasteiger partial charge in [0.05, 0.1) is 5.39 Å². The number of nitrogens with zero attached hydrogens (tertiary/aromatic N) is 2. The molecule has 0 spiro atoms. The zero-order valence-corrected chi connectivity index (χ0v) is 10.9. The molecule has 2 aromatic rings. The van der Waals surface area contributed by atoms with Crippen molar-refractivity contribution in [3.63, 3.8) is 0 Å². The lowest BCUT2D eigenvalue weighted by molar-refractivity contribution is 0.408. The van der Waals surface area contributed by atoms with Gasteiger partial charge < -0.3 is 9.88 Å². The SMILES string of the molecule is CNc1nc2c(c(C)cn2C(C)(C)C)c(=O)[nH]1. The molecule has 2 aromatic heterocycles. The van der Waals surface area contributed by atoms with Crippen LogP contribution in [0.2, 0.25) is 0 Å². The third-order valence-corrected chi connectivity index (χ3v) is 2.81. The van der Waals surface area contributed by atoms with Gasteiger partial charge in [-0.2, -0.15) is 4.98 Å². The molecule has 0 fully saturated rings. The molecular weight excluding hydrogens is 216 g/mol. The maximum Gasteiger partial charge on any atom is 0.262 e. The predicted molar refractivity (Wildman–Crippen MR) is 69.6 cm³/mol. The molecule has 0 aliphatic carbocycles. The Kier molecular flexibility index (Phi) is 2.49. The summed E-state index contributed by atoms with van der Waals surface area (Å²) in [7, 11) is 1.74. The lowest BCUT2D eigenvalue weighted by atomic mass is 10.1. The van der Waals surface area contributed by atoms with Crippen LogP contribution in [0.1, 0.15) is 26.3 Å². The van der Waals surface area contributed by atoms with Crippen molar-refractivity contribution in [2.24, 2.45) is 0 Å².